The minimum absolute atomic E-state index is 0.558. The second-order valence-electron chi connectivity index (χ2n) is 4.14. The lowest BCUT2D eigenvalue weighted by Crippen LogP contribution is -2.06. The van der Waals surface area contributed by atoms with E-state index in [1.165, 1.54) is 0 Å². The third-order valence-corrected chi connectivity index (χ3v) is 3.89. The van der Waals surface area contributed by atoms with Gasteiger partial charge in [-0.3, -0.25) is 4.98 Å². The number of rotatable bonds is 2. The first kappa shape index (κ1) is 12.4. The molecule has 0 amide bonds. The first-order valence-corrected chi connectivity index (χ1v) is 6.83. The Labute approximate surface area is 123 Å². The molecule has 0 bridgehead atoms. The summed E-state index contributed by atoms with van der Waals surface area (Å²) in [6.07, 6.45) is 3.44. The highest BCUT2D eigenvalue weighted by molar-refractivity contribution is 9.10. The van der Waals surface area contributed by atoms with E-state index in [-0.39, 0.29) is 0 Å². The lowest BCUT2D eigenvalue weighted by atomic mass is 10.1. The average molecular weight is 338 g/mol. The highest BCUT2D eigenvalue weighted by Gasteiger charge is 2.09. The molecule has 0 aliphatic carbocycles. The molecule has 0 unspecified atom stereocenters. The van der Waals surface area contributed by atoms with Crippen LogP contribution < -0.4 is 5.73 Å². The van der Waals surface area contributed by atoms with Crippen LogP contribution in [0, 0.1) is 0 Å². The van der Waals surface area contributed by atoms with Crippen molar-refractivity contribution in [1.29, 1.82) is 0 Å². The van der Waals surface area contributed by atoms with Crippen molar-refractivity contribution in [3.05, 3.63) is 51.7 Å². The van der Waals surface area contributed by atoms with Crippen LogP contribution >= 0.6 is 27.5 Å². The predicted octanol–water partition coefficient (Wildman–Crippen LogP) is 3.48. The number of benzene rings is 1. The van der Waals surface area contributed by atoms with E-state index in [2.05, 4.69) is 26.0 Å². The summed E-state index contributed by atoms with van der Waals surface area (Å²) < 4.78 is 2.51. The Bertz CT molecular complexity index is 753. The van der Waals surface area contributed by atoms with Gasteiger partial charge < -0.3 is 5.73 Å². The number of aromatic nitrogens is 3. The Morgan fingerprint density at radius 3 is 2.89 bits per heavy atom. The van der Waals surface area contributed by atoms with Gasteiger partial charge in [-0.15, -0.1) is 0 Å². The summed E-state index contributed by atoms with van der Waals surface area (Å²) in [7, 11) is 0. The van der Waals surface area contributed by atoms with E-state index in [4.69, 9.17) is 17.3 Å². The maximum atomic E-state index is 6.17. The van der Waals surface area contributed by atoms with Gasteiger partial charge in [0.1, 0.15) is 5.82 Å². The number of hydrogen-bond acceptors (Lipinski definition) is 3. The van der Waals surface area contributed by atoms with Crippen molar-refractivity contribution in [3.63, 3.8) is 0 Å². The van der Waals surface area contributed by atoms with Gasteiger partial charge in [-0.05, 0) is 34.1 Å². The van der Waals surface area contributed by atoms with Crippen LogP contribution in [0.3, 0.4) is 0 Å². The molecule has 0 aliphatic heterocycles. The fourth-order valence-electron chi connectivity index (χ4n) is 1.98. The summed E-state index contributed by atoms with van der Waals surface area (Å²) in [5.41, 5.74) is 7.84. The number of hydrogen-bond donors (Lipinski definition) is 1. The molecule has 6 heteroatoms. The first-order chi connectivity index (χ1) is 9.16. The van der Waals surface area contributed by atoms with E-state index in [1.54, 1.807) is 17.1 Å². The average Bonchev–Trinajstić information content (AvgIpc) is 2.74. The molecule has 0 saturated heterocycles. The molecule has 2 N–H and O–H groups in total. The Kier molecular flexibility index (Phi) is 3.16. The normalized spacial score (nSPS) is 11.1. The number of pyridine rings is 1. The van der Waals surface area contributed by atoms with Crippen molar-refractivity contribution >= 4 is 44.3 Å². The van der Waals surface area contributed by atoms with Crippen LogP contribution in [0.25, 0.3) is 10.9 Å². The molecule has 1 aromatic carbocycles. The van der Waals surface area contributed by atoms with Gasteiger partial charge in [0.15, 0.2) is 0 Å². The second-order valence-corrected chi connectivity index (χ2v) is 5.40. The summed E-state index contributed by atoms with van der Waals surface area (Å²) in [6.45, 7) is 0.558. The van der Waals surface area contributed by atoms with Crippen molar-refractivity contribution in [2.45, 2.75) is 6.54 Å². The van der Waals surface area contributed by atoms with Crippen LogP contribution in [0.15, 0.2) is 41.1 Å². The van der Waals surface area contributed by atoms with E-state index in [9.17, 15) is 0 Å². The Morgan fingerprint density at radius 1 is 1.32 bits per heavy atom. The number of nitrogen functional groups attached to an aromatic ring is 1. The van der Waals surface area contributed by atoms with E-state index < -0.39 is 0 Å². The second kappa shape index (κ2) is 4.83. The van der Waals surface area contributed by atoms with Crippen LogP contribution in [-0.4, -0.2) is 14.8 Å². The zero-order chi connectivity index (χ0) is 13.4. The molecule has 0 aliphatic rings. The smallest absolute Gasteiger partial charge is 0.136 e. The molecule has 0 spiro atoms. The topological polar surface area (TPSA) is 56.7 Å². The molecule has 19 heavy (non-hydrogen) atoms. The Morgan fingerprint density at radius 2 is 2.16 bits per heavy atom. The zero-order valence-corrected chi connectivity index (χ0v) is 12.2. The largest absolute Gasteiger partial charge is 0.383 e. The Hall–Kier alpha value is -1.59. The monoisotopic (exact) mass is 336 g/mol. The molecular formula is C13H10BrClN4. The molecule has 4 nitrogen and oxygen atoms in total. The summed E-state index contributed by atoms with van der Waals surface area (Å²) in [6, 6.07) is 7.65. The van der Waals surface area contributed by atoms with E-state index in [0.717, 1.165) is 20.9 Å². The number of nitrogens with zero attached hydrogens (tertiary/aromatic N) is 3. The van der Waals surface area contributed by atoms with Crippen molar-refractivity contribution < 1.29 is 0 Å². The van der Waals surface area contributed by atoms with Gasteiger partial charge >= 0.3 is 0 Å². The third-order valence-electron chi connectivity index (χ3n) is 2.95. The summed E-state index contributed by atoms with van der Waals surface area (Å²) in [4.78, 5) is 4.40. The summed E-state index contributed by atoms with van der Waals surface area (Å²) in [5.74, 6) is 0.596. The van der Waals surface area contributed by atoms with E-state index >= 15 is 0 Å². The van der Waals surface area contributed by atoms with Crippen molar-refractivity contribution in [1.82, 2.24) is 14.8 Å². The molecule has 2 aromatic heterocycles. The zero-order valence-electron chi connectivity index (χ0n) is 9.85. The minimum atomic E-state index is 0.558. The highest BCUT2D eigenvalue weighted by atomic mass is 79.9. The molecule has 0 saturated carbocycles. The standard InChI is InChI=1S/C13H10BrClN4/c14-10-6-18-19(13(10)16)7-8-3-4-11(15)9-2-1-5-17-12(8)9/h1-6H,7,16H2. The van der Waals surface area contributed by atoms with Crippen molar-refractivity contribution in [3.8, 4) is 0 Å². The van der Waals surface area contributed by atoms with Gasteiger partial charge in [-0.1, -0.05) is 17.7 Å². The van der Waals surface area contributed by atoms with Crippen LogP contribution in [0.1, 0.15) is 5.56 Å². The van der Waals surface area contributed by atoms with Gasteiger partial charge in [0.05, 0.1) is 22.7 Å². The Balaban J connectivity index is 2.11. The number of halogens is 2. The molecule has 0 atom stereocenters. The fraction of sp³-hybridized carbons (Fsp3) is 0.0769. The molecule has 0 fully saturated rings. The SMILES string of the molecule is Nc1c(Br)cnn1Cc1ccc(Cl)c2cccnc12. The minimum Gasteiger partial charge on any atom is -0.383 e. The van der Waals surface area contributed by atoms with Crippen LogP contribution in [0.5, 0.6) is 0 Å². The predicted molar refractivity (Wildman–Crippen MR) is 80.2 cm³/mol. The van der Waals surface area contributed by atoms with Crippen LogP contribution in [0.2, 0.25) is 5.02 Å². The van der Waals surface area contributed by atoms with Gasteiger partial charge in [0, 0.05) is 22.2 Å². The van der Waals surface area contributed by atoms with Crippen LogP contribution in [0.4, 0.5) is 5.82 Å². The van der Waals surface area contributed by atoms with Crippen molar-refractivity contribution in [2.75, 3.05) is 5.73 Å². The first-order valence-electron chi connectivity index (χ1n) is 5.65. The third kappa shape index (κ3) is 2.19. The quantitative estimate of drug-likeness (QED) is 0.779. The van der Waals surface area contributed by atoms with E-state index in [0.29, 0.717) is 17.4 Å². The summed E-state index contributed by atoms with van der Waals surface area (Å²) >= 11 is 9.52. The number of fused-ring (bicyclic) bond motifs is 1. The molecule has 3 rings (SSSR count). The van der Waals surface area contributed by atoms with Crippen LogP contribution in [-0.2, 0) is 6.54 Å². The van der Waals surface area contributed by atoms with Gasteiger partial charge in [0.2, 0.25) is 0 Å². The molecule has 2 heterocycles. The number of anilines is 1. The lowest BCUT2D eigenvalue weighted by molar-refractivity contribution is 0.699. The molecule has 3 aromatic rings. The van der Waals surface area contributed by atoms with E-state index in [1.807, 2.05) is 24.3 Å². The molecule has 96 valence electrons. The van der Waals surface area contributed by atoms with Gasteiger partial charge in [-0.25, -0.2) is 4.68 Å². The molecular weight excluding hydrogens is 328 g/mol. The number of nitrogens with two attached hydrogens (primary N) is 1. The van der Waals surface area contributed by atoms with Gasteiger partial charge in [0.25, 0.3) is 0 Å². The highest BCUT2D eigenvalue weighted by Crippen LogP contribution is 2.26. The lowest BCUT2D eigenvalue weighted by Gasteiger charge is -2.08. The molecule has 0 radical (unpaired) electrons. The maximum Gasteiger partial charge on any atom is 0.136 e. The van der Waals surface area contributed by atoms with Gasteiger partial charge in [-0.2, -0.15) is 5.10 Å². The van der Waals surface area contributed by atoms with Crippen molar-refractivity contribution in [2.24, 2.45) is 0 Å². The fourth-order valence-corrected chi connectivity index (χ4v) is 2.50. The summed E-state index contributed by atoms with van der Waals surface area (Å²) in [5, 5.41) is 5.86. The maximum absolute atomic E-state index is 6.17.